The van der Waals surface area contributed by atoms with E-state index in [1.807, 2.05) is 30.3 Å². The summed E-state index contributed by atoms with van der Waals surface area (Å²) < 4.78 is 16.6. The van der Waals surface area contributed by atoms with Gasteiger partial charge in [-0.1, -0.05) is 41.9 Å². The van der Waals surface area contributed by atoms with E-state index in [2.05, 4.69) is 15.5 Å². The van der Waals surface area contributed by atoms with Crippen molar-refractivity contribution in [2.75, 3.05) is 6.79 Å². The monoisotopic (exact) mass is 433 g/mol. The topological polar surface area (TPSA) is 86.5 Å². The van der Waals surface area contributed by atoms with E-state index in [0.717, 1.165) is 11.1 Å². The van der Waals surface area contributed by atoms with Crippen molar-refractivity contribution in [2.45, 2.75) is 6.04 Å². The predicted octanol–water partition coefficient (Wildman–Crippen LogP) is 4.64. The van der Waals surface area contributed by atoms with Gasteiger partial charge in [0.15, 0.2) is 11.5 Å². The largest absolute Gasteiger partial charge is 0.454 e. The molecule has 3 aromatic carbocycles. The van der Waals surface area contributed by atoms with Crippen molar-refractivity contribution in [3.05, 3.63) is 94.8 Å². The number of carbonyl (C=O) groups is 1. The van der Waals surface area contributed by atoms with E-state index in [1.165, 1.54) is 0 Å². The summed E-state index contributed by atoms with van der Waals surface area (Å²) in [6, 6.07) is 20.9. The number of carbonyl (C=O) groups excluding carboxylic acids is 1. The minimum atomic E-state index is -0.632. The Balaban J connectivity index is 1.45. The van der Waals surface area contributed by atoms with Crippen LogP contribution >= 0.6 is 11.6 Å². The molecule has 0 radical (unpaired) electrons. The van der Waals surface area contributed by atoms with Crippen LogP contribution in [-0.2, 0) is 0 Å². The third-order valence-corrected chi connectivity index (χ3v) is 5.07. The van der Waals surface area contributed by atoms with Crippen molar-refractivity contribution < 1.29 is 18.7 Å². The number of amides is 1. The predicted molar refractivity (Wildman–Crippen MR) is 113 cm³/mol. The first-order valence-corrected chi connectivity index (χ1v) is 9.90. The molecular weight excluding hydrogens is 418 g/mol. The van der Waals surface area contributed by atoms with Gasteiger partial charge in [-0.05, 0) is 48.0 Å². The number of hydrogen-bond acceptors (Lipinski definition) is 6. The molecule has 1 atom stereocenters. The molecule has 7 nitrogen and oxygen atoms in total. The zero-order chi connectivity index (χ0) is 21.2. The number of benzene rings is 3. The van der Waals surface area contributed by atoms with Crippen molar-refractivity contribution in [1.82, 2.24) is 15.5 Å². The molecule has 0 saturated carbocycles. The fraction of sp³-hybridized carbons (Fsp3) is 0.0870. The molecule has 31 heavy (non-hydrogen) atoms. The quantitative estimate of drug-likeness (QED) is 0.493. The Morgan fingerprint density at radius 1 is 0.935 bits per heavy atom. The summed E-state index contributed by atoms with van der Waals surface area (Å²) in [6.07, 6.45) is 0. The fourth-order valence-corrected chi connectivity index (χ4v) is 3.37. The second kappa shape index (κ2) is 8.12. The Kier molecular flexibility index (Phi) is 5.01. The Hall–Kier alpha value is -3.84. The third kappa shape index (κ3) is 3.95. The van der Waals surface area contributed by atoms with Crippen LogP contribution in [0.4, 0.5) is 0 Å². The maximum Gasteiger partial charge on any atom is 0.252 e. The van der Waals surface area contributed by atoms with Crippen LogP contribution in [-0.4, -0.2) is 22.9 Å². The molecular formula is C23H16ClN3O4. The van der Waals surface area contributed by atoms with Crippen LogP contribution in [0.15, 0.2) is 77.2 Å². The van der Waals surface area contributed by atoms with E-state index in [1.54, 1.807) is 42.5 Å². The first-order valence-electron chi connectivity index (χ1n) is 9.52. The lowest BCUT2D eigenvalue weighted by atomic mass is 10.1. The van der Waals surface area contributed by atoms with E-state index in [0.29, 0.717) is 28.0 Å². The molecule has 1 aliphatic rings. The highest BCUT2D eigenvalue weighted by Gasteiger charge is 2.25. The smallest absolute Gasteiger partial charge is 0.252 e. The zero-order valence-corrected chi connectivity index (χ0v) is 16.9. The molecule has 0 saturated heterocycles. The summed E-state index contributed by atoms with van der Waals surface area (Å²) in [7, 11) is 0. The number of ether oxygens (including phenoxy) is 2. The van der Waals surface area contributed by atoms with Gasteiger partial charge in [0.05, 0.1) is 0 Å². The van der Waals surface area contributed by atoms with Crippen LogP contribution < -0.4 is 14.8 Å². The van der Waals surface area contributed by atoms with Gasteiger partial charge < -0.3 is 19.2 Å². The number of nitrogens with zero attached hydrogens (tertiary/aromatic N) is 2. The zero-order valence-electron chi connectivity index (χ0n) is 16.1. The number of fused-ring (bicyclic) bond motifs is 1. The highest BCUT2D eigenvalue weighted by molar-refractivity contribution is 6.30. The van der Waals surface area contributed by atoms with Gasteiger partial charge in [0.2, 0.25) is 18.6 Å². The first-order chi connectivity index (χ1) is 15.2. The number of halogens is 1. The molecule has 8 heteroatoms. The summed E-state index contributed by atoms with van der Waals surface area (Å²) in [5.41, 5.74) is 1.97. The molecule has 2 heterocycles. The van der Waals surface area contributed by atoms with E-state index in [9.17, 15) is 4.79 Å². The first kappa shape index (κ1) is 19.1. The molecule has 0 spiro atoms. The van der Waals surface area contributed by atoms with Gasteiger partial charge >= 0.3 is 0 Å². The van der Waals surface area contributed by atoms with Gasteiger partial charge in [-0.3, -0.25) is 4.79 Å². The van der Waals surface area contributed by atoms with Gasteiger partial charge in [-0.2, -0.15) is 0 Å². The molecule has 0 aliphatic carbocycles. The third-order valence-electron chi connectivity index (χ3n) is 4.82. The lowest BCUT2D eigenvalue weighted by Crippen LogP contribution is -2.29. The Morgan fingerprint density at radius 3 is 2.52 bits per heavy atom. The van der Waals surface area contributed by atoms with Crippen molar-refractivity contribution in [3.8, 4) is 23.0 Å². The van der Waals surface area contributed by atoms with E-state index >= 15 is 0 Å². The maximum atomic E-state index is 13.0. The second-order valence-corrected chi connectivity index (χ2v) is 7.27. The fourth-order valence-electron chi connectivity index (χ4n) is 3.25. The van der Waals surface area contributed by atoms with Gasteiger partial charge in [-0.15, -0.1) is 10.2 Å². The summed E-state index contributed by atoms with van der Waals surface area (Å²) >= 11 is 5.95. The van der Waals surface area contributed by atoms with Crippen molar-refractivity contribution in [2.24, 2.45) is 0 Å². The van der Waals surface area contributed by atoms with Gasteiger partial charge in [0, 0.05) is 16.1 Å². The number of rotatable bonds is 5. The van der Waals surface area contributed by atoms with E-state index in [-0.39, 0.29) is 18.6 Å². The van der Waals surface area contributed by atoms with Crippen LogP contribution in [0.2, 0.25) is 5.02 Å². The van der Waals surface area contributed by atoms with Gasteiger partial charge in [-0.25, -0.2) is 0 Å². The highest BCUT2D eigenvalue weighted by atomic mass is 35.5. The van der Waals surface area contributed by atoms with Crippen LogP contribution in [0, 0.1) is 0 Å². The molecule has 1 aromatic heterocycles. The molecule has 1 aliphatic heterocycles. The van der Waals surface area contributed by atoms with E-state index < -0.39 is 6.04 Å². The van der Waals surface area contributed by atoms with Crippen LogP contribution in [0.5, 0.6) is 11.5 Å². The van der Waals surface area contributed by atoms with Crippen molar-refractivity contribution in [3.63, 3.8) is 0 Å². The van der Waals surface area contributed by atoms with Crippen LogP contribution in [0.1, 0.15) is 27.9 Å². The summed E-state index contributed by atoms with van der Waals surface area (Å²) in [5, 5.41) is 11.9. The van der Waals surface area contributed by atoms with Gasteiger partial charge in [0.25, 0.3) is 5.91 Å². The average Bonchev–Trinajstić information content (AvgIpc) is 3.48. The molecule has 0 fully saturated rings. The lowest BCUT2D eigenvalue weighted by molar-refractivity contribution is 0.0937. The molecule has 4 aromatic rings. The Bertz CT molecular complexity index is 1230. The van der Waals surface area contributed by atoms with Crippen LogP contribution in [0.3, 0.4) is 0 Å². The minimum Gasteiger partial charge on any atom is -0.454 e. The van der Waals surface area contributed by atoms with Crippen molar-refractivity contribution in [1.29, 1.82) is 0 Å². The molecule has 154 valence electrons. The standard InChI is InChI=1S/C23H16ClN3O4/c24-17-9-6-15(7-10-17)22-26-27-23(31-22)20(14-4-2-1-3-5-14)25-21(28)16-8-11-18-19(12-16)30-13-29-18/h1-12,20H,13H2,(H,25,28)/t20-/m1/s1. The SMILES string of the molecule is O=C(N[C@H](c1ccccc1)c1nnc(-c2ccc(Cl)cc2)o1)c1ccc2c(c1)OCO2. The number of aromatic nitrogens is 2. The van der Waals surface area contributed by atoms with Crippen molar-refractivity contribution >= 4 is 17.5 Å². The highest BCUT2D eigenvalue weighted by Crippen LogP contribution is 2.33. The normalized spacial score (nSPS) is 13.1. The summed E-state index contributed by atoms with van der Waals surface area (Å²) in [4.78, 5) is 13.0. The van der Waals surface area contributed by atoms with Gasteiger partial charge in [0.1, 0.15) is 6.04 Å². The van der Waals surface area contributed by atoms with E-state index in [4.69, 9.17) is 25.5 Å². The number of nitrogens with one attached hydrogen (secondary N) is 1. The molecule has 0 unspecified atom stereocenters. The molecule has 1 N–H and O–H groups in total. The van der Waals surface area contributed by atoms with Crippen LogP contribution in [0.25, 0.3) is 11.5 Å². The Labute approximate surface area is 182 Å². The molecule has 0 bridgehead atoms. The summed E-state index contributed by atoms with van der Waals surface area (Å²) in [6.45, 7) is 0.141. The number of hydrogen-bond donors (Lipinski definition) is 1. The lowest BCUT2D eigenvalue weighted by Gasteiger charge is -2.16. The average molecular weight is 434 g/mol. The molecule has 5 rings (SSSR count). The summed E-state index contributed by atoms with van der Waals surface area (Å²) in [5.74, 6) is 1.45. The minimum absolute atomic E-state index is 0.141. The Morgan fingerprint density at radius 2 is 1.71 bits per heavy atom. The molecule has 1 amide bonds. The second-order valence-electron chi connectivity index (χ2n) is 6.84. The maximum absolute atomic E-state index is 13.0.